The van der Waals surface area contributed by atoms with Gasteiger partial charge < -0.3 is 14.2 Å². The van der Waals surface area contributed by atoms with Gasteiger partial charge in [-0.25, -0.2) is 0 Å². The summed E-state index contributed by atoms with van der Waals surface area (Å²) in [7, 11) is 1.90. The Balaban J connectivity index is 2.16. The number of rotatable bonds is 1. The van der Waals surface area contributed by atoms with Crippen LogP contribution in [0.15, 0.2) is 12.3 Å². The summed E-state index contributed by atoms with van der Waals surface area (Å²) in [5.41, 5.74) is 0.751. The van der Waals surface area contributed by atoms with Gasteiger partial charge in [-0.2, -0.15) is 0 Å². The Bertz CT molecular complexity index is 369. The zero-order valence-corrected chi connectivity index (χ0v) is 10.7. The number of amides is 1. The van der Waals surface area contributed by atoms with Crippen molar-refractivity contribution in [3.63, 3.8) is 0 Å². The summed E-state index contributed by atoms with van der Waals surface area (Å²) < 4.78 is 8.18. The fourth-order valence-corrected chi connectivity index (χ4v) is 2.38. The fourth-order valence-electron chi connectivity index (χ4n) is 1.67. The first-order valence-electron chi connectivity index (χ1n) is 4.87. The SMILES string of the molecule is Cn1cc(I)cc1C(=O)N1CCOCC1. The molecule has 0 N–H and O–H groups in total. The smallest absolute Gasteiger partial charge is 0.270 e. The molecule has 0 atom stereocenters. The lowest BCUT2D eigenvalue weighted by Gasteiger charge is -2.26. The average Bonchev–Trinajstić information content (AvgIpc) is 2.58. The molecular formula is C10H13IN2O2. The second-order valence-electron chi connectivity index (χ2n) is 3.56. The molecule has 2 heterocycles. The van der Waals surface area contributed by atoms with Crippen LogP contribution >= 0.6 is 22.6 Å². The average molecular weight is 320 g/mol. The summed E-state index contributed by atoms with van der Waals surface area (Å²) in [4.78, 5) is 13.9. The van der Waals surface area contributed by atoms with Crippen molar-refractivity contribution in [2.45, 2.75) is 0 Å². The summed E-state index contributed by atoms with van der Waals surface area (Å²) in [6, 6.07) is 1.92. The van der Waals surface area contributed by atoms with E-state index in [-0.39, 0.29) is 5.91 Å². The largest absolute Gasteiger partial charge is 0.378 e. The van der Waals surface area contributed by atoms with Crippen LogP contribution in [0.1, 0.15) is 10.5 Å². The highest BCUT2D eigenvalue weighted by molar-refractivity contribution is 14.1. The second kappa shape index (κ2) is 4.52. The van der Waals surface area contributed by atoms with E-state index in [0.717, 1.165) is 9.26 Å². The van der Waals surface area contributed by atoms with Crippen LogP contribution in [0, 0.1) is 3.57 Å². The number of hydrogen-bond donors (Lipinski definition) is 0. The Hall–Kier alpha value is -0.560. The number of aryl methyl sites for hydroxylation is 1. The topological polar surface area (TPSA) is 34.5 Å². The predicted octanol–water partition coefficient (Wildman–Crippen LogP) is 1.10. The maximum absolute atomic E-state index is 12.1. The van der Waals surface area contributed by atoms with Crippen molar-refractivity contribution in [1.29, 1.82) is 0 Å². The van der Waals surface area contributed by atoms with E-state index in [2.05, 4.69) is 22.6 Å². The molecule has 0 radical (unpaired) electrons. The van der Waals surface area contributed by atoms with Gasteiger partial charge in [0.15, 0.2) is 0 Å². The van der Waals surface area contributed by atoms with E-state index in [1.54, 1.807) is 0 Å². The van der Waals surface area contributed by atoms with Gasteiger partial charge in [0.25, 0.3) is 5.91 Å². The lowest BCUT2D eigenvalue weighted by molar-refractivity contribution is 0.0296. The fraction of sp³-hybridized carbons (Fsp3) is 0.500. The molecule has 1 aliphatic heterocycles. The maximum atomic E-state index is 12.1. The Morgan fingerprint density at radius 3 is 2.67 bits per heavy atom. The molecule has 0 aromatic carbocycles. The number of carbonyl (C=O) groups is 1. The molecular weight excluding hydrogens is 307 g/mol. The minimum Gasteiger partial charge on any atom is -0.378 e. The first-order valence-corrected chi connectivity index (χ1v) is 5.95. The van der Waals surface area contributed by atoms with E-state index in [1.165, 1.54) is 0 Å². The highest BCUT2D eigenvalue weighted by Gasteiger charge is 2.20. The van der Waals surface area contributed by atoms with Crippen LogP contribution in [0.4, 0.5) is 0 Å². The monoisotopic (exact) mass is 320 g/mol. The van der Waals surface area contributed by atoms with Crippen LogP contribution in [0.3, 0.4) is 0 Å². The van der Waals surface area contributed by atoms with E-state index in [0.29, 0.717) is 26.3 Å². The van der Waals surface area contributed by atoms with Crippen molar-refractivity contribution >= 4 is 28.5 Å². The van der Waals surface area contributed by atoms with Crippen molar-refractivity contribution in [2.24, 2.45) is 7.05 Å². The first kappa shape index (κ1) is 10.9. The number of hydrogen-bond acceptors (Lipinski definition) is 2. The van der Waals surface area contributed by atoms with Crippen molar-refractivity contribution in [3.05, 3.63) is 21.5 Å². The molecule has 4 nitrogen and oxygen atoms in total. The Labute approximate surface area is 102 Å². The number of morpholine rings is 1. The molecule has 1 fully saturated rings. The molecule has 1 aromatic rings. The molecule has 0 bridgehead atoms. The van der Waals surface area contributed by atoms with Crippen molar-refractivity contribution in [3.8, 4) is 0 Å². The minimum atomic E-state index is 0.101. The summed E-state index contributed by atoms with van der Waals surface area (Å²) in [6.07, 6.45) is 1.95. The maximum Gasteiger partial charge on any atom is 0.270 e. The zero-order valence-electron chi connectivity index (χ0n) is 8.57. The third-order valence-corrected chi connectivity index (χ3v) is 3.08. The second-order valence-corrected chi connectivity index (χ2v) is 4.80. The molecule has 1 amide bonds. The summed E-state index contributed by atoms with van der Waals surface area (Å²) >= 11 is 2.21. The standard InChI is InChI=1S/C10H13IN2O2/c1-12-7-8(11)6-9(12)10(14)13-2-4-15-5-3-13/h6-7H,2-5H2,1H3. The van der Waals surface area contributed by atoms with E-state index in [4.69, 9.17) is 4.74 Å². The molecule has 5 heteroatoms. The molecule has 0 spiro atoms. The van der Waals surface area contributed by atoms with Gasteiger partial charge in [-0.15, -0.1) is 0 Å². The van der Waals surface area contributed by atoms with Crippen molar-refractivity contribution in [1.82, 2.24) is 9.47 Å². The third kappa shape index (κ3) is 2.34. The quantitative estimate of drug-likeness (QED) is 0.727. The first-order chi connectivity index (χ1) is 7.18. The predicted molar refractivity (Wildman–Crippen MR) is 64.9 cm³/mol. The van der Waals surface area contributed by atoms with Crippen LogP contribution in [-0.2, 0) is 11.8 Å². The molecule has 0 saturated carbocycles. The number of carbonyl (C=O) groups excluding carboxylic acids is 1. The summed E-state index contributed by atoms with van der Waals surface area (Å²) in [5, 5.41) is 0. The van der Waals surface area contributed by atoms with Gasteiger partial charge in [0, 0.05) is 29.9 Å². The third-order valence-electron chi connectivity index (χ3n) is 2.49. The highest BCUT2D eigenvalue weighted by atomic mass is 127. The lowest BCUT2D eigenvalue weighted by atomic mass is 10.3. The van der Waals surface area contributed by atoms with Crippen LogP contribution in [0.2, 0.25) is 0 Å². The summed E-state index contributed by atoms with van der Waals surface area (Å²) in [6.45, 7) is 2.68. The normalized spacial score (nSPS) is 16.8. The lowest BCUT2D eigenvalue weighted by Crippen LogP contribution is -2.41. The number of nitrogens with zero attached hydrogens (tertiary/aromatic N) is 2. The summed E-state index contributed by atoms with van der Waals surface area (Å²) in [5.74, 6) is 0.101. The van der Waals surface area contributed by atoms with Gasteiger partial charge in [0.1, 0.15) is 5.69 Å². The molecule has 1 aromatic heterocycles. The van der Waals surface area contributed by atoms with Crippen LogP contribution in [-0.4, -0.2) is 41.7 Å². The Morgan fingerprint density at radius 2 is 2.13 bits per heavy atom. The number of aromatic nitrogens is 1. The van der Waals surface area contributed by atoms with E-state index in [1.807, 2.05) is 28.8 Å². The van der Waals surface area contributed by atoms with Crippen LogP contribution in [0.25, 0.3) is 0 Å². The molecule has 2 rings (SSSR count). The Kier molecular flexibility index (Phi) is 3.30. The molecule has 0 unspecified atom stereocenters. The Morgan fingerprint density at radius 1 is 1.47 bits per heavy atom. The van der Waals surface area contributed by atoms with Gasteiger partial charge in [-0.1, -0.05) is 0 Å². The van der Waals surface area contributed by atoms with Gasteiger partial charge >= 0.3 is 0 Å². The number of halogens is 1. The van der Waals surface area contributed by atoms with Gasteiger partial charge in [0.05, 0.1) is 13.2 Å². The van der Waals surface area contributed by atoms with Gasteiger partial charge in [-0.3, -0.25) is 4.79 Å². The minimum absolute atomic E-state index is 0.101. The van der Waals surface area contributed by atoms with Gasteiger partial charge in [-0.05, 0) is 28.7 Å². The molecule has 1 saturated heterocycles. The van der Waals surface area contributed by atoms with Crippen molar-refractivity contribution < 1.29 is 9.53 Å². The van der Waals surface area contributed by atoms with Crippen LogP contribution in [0.5, 0.6) is 0 Å². The molecule has 82 valence electrons. The zero-order chi connectivity index (χ0) is 10.8. The van der Waals surface area contributed by atoms with E-state index < -0.39 is 0 Å². The van der Waals surface area contributed by atoms with Crippen molar-refractivity contribution in [2.75, 3.05) is 26.3 Å². The molecule has 1 aliphatic rings. The highest BCUT2D eigenvalue weighted by Crippen LogP contribution is 2.12. The van der Waals surface area contributed by atoms with Gasteiger partial charge in [0.2, 0.25) is 0 Å². The van der Waals surface area contributed by atoms with E-state index >= 15 is 0 Å². The molecule has 0 aliphatic carbocycles. The van der Waals surface area contributed by atoms with Crippen LogP contribution < -0.4 is 0 Å². The van der Waals surface area contributed by atoms with E-state index in [9.17, 15) is 4.79 Å². The molecule has 15 heavy (non-hydrogen) atoms. The number of ether oxygens (including phenoxy) is 1.